The molecule has 0 aromatic heterocycles. The van der Waals surface area contributed by atoms with Gasteiger partial charge in [0.15, 0.2) is 11.5 Å². The summed E-state index contributed by atoms with van der Waals surface area (Å²) in [5.41, 5.74) is 5.62. The second kappa shape index (κ2) is 13.9. The summed E-state index contributed by atoms with van der Waals surface area (Å²) in [6.07, 6.45) is 0. The number of rotatable bonds is 3. The molecule has 0 radical (unpaired) electrons. The average Bonchev–Trinajstić information content (AvgIpc) is 3.01. The Morgan fingerprint density at radius 3 is 1.30 bits per heavy atom. The van der Waals surface area contributed by atoms with Crippen LogP contribution in [0.5, 0.6) is 23.0 Å². The Morgan fingerprint density at radius 1 is 0.300 bits per heavy atom. The Kier molecular flexibility index (Phi) is 9.57. The highest BCUT2D eigenvalue weighted by molar-refractivity contribution is 5.73. The fourth-order valence-electron chi connectivity index (χ4n) is 4.03. The number of hydrogen-bond donors (Lipinski definition) is 4. The van der Waals surface area contributed by atoms with Crippen molar-refractivity contribution in [1.29, 1.82) is 0 Å². The second-order valence-corrected chi connectivity index (χ2v) is 8.84. The van der Waals surface area contributed by atoms with Gasteiger partial charge in [-0.05, 0) is 46.5 Å². The lowest BCUT2D eigenvalue weighted by Crippen LogP contribution is -1.78. The summed E-state index contributed by atoms with van der Waals surface area (Å²) in [6.45, 7) is 0. The van der Waals surface area contributed by atoms with Crippen LogP contribution in [-0.4, -0.2) is 20.4 Å². The molecule has 0 aliphatic heterocycles. The largest absolute Gasteiger partial charge is 0.508 e. The molecule has 0 amide bonds. The SMILES string of the molecule is Oc1cccc(-c2ccccc2)c1.Oc1cccc(-c2ccccc2)c1O.Oc1ccccc1-c1ccccc1. The number of phenols is 4. The Labute approximate surface area is 234 Å². The van der Waals surface area contributed by atoms with Gasteiger partial charge in [0.25, 0.3) is 0 Å². The lowest BCUT2D eigenvalue weighted by molar-refractivity contribution is 0.405. The maximum atomic E-state index is 9.60. The summed E-state index contributed by atoms with van der Waals surface area (Å²) < 4.78 is 0. The molecule has 0 unspecified atom stereocenters. The first-order chi connectivity index (χ1) is 19.5. The van der Waals surface area contributed by atoms with Crippen LogP contribution in [0.3, 0.4) is 0 Å². The van der Waals surface area contributed by atoms with Gasteiger partial charge in [-0.3, -0.25) is 0 Å². The van der Waals surface area contributed by atoms with Gasteiger partial charge in [-0.1, -0.05) is 133 Å². The number of para-hydroxylation sites is 2. The van der Waals surface area contributed by atoms with Crippen molar-refractivity contribution in [1.82, 2.24) is 0 Å². The van der Waals surface area contributed by atoms with E-state index in [0.29, 0.717) is 17.1 Å². The van der Waals surface area contributed by atoms with Gasteiger partial charge in [0, 0.05) is 11.1 Å². The standard InChI is InChI=1S/C12H10O2.2C12H10O/c13-11-8-4-7-10(12(11)14)9-5-2-1-3-6-9;13-12-9-5-4-8-11(12)10-6-2-1-3-7-10;13-12-8-4-7-11(9-12)10-5-2-1-3-6-10/h1-8,13-14H;2*1-9,13H. The quantitative estimate of drug-likeness (QED) is 0.174. The molecule has 198 valence electrons. The molecule has 0 spiro atoms. The summed E-state index contributed by atoms with van der Waals surface area (Å²) in [7, 11) is 0. The summed E-state index contributed by atoms with van der Waals surface area (Å²) in [4.78, 5) is 0. The van der Waals surface area contributed by atoms with Crippen LogP contribution in [0.25, 0.3) is 33.4 Å². The van der Waals surface area contributed by atoms with Crippen molar-refractivity contribution in [3.63, 3.8) is 0 Å². The second-order valence-electron chi connectivity index (χ2n) is 8.84. The molecule has 4 nitrogen and oxygen atoms in total. The van der Waals surface area contributed by atoms with Crippen molar-refractivity contribution >= 4 is 0 Å². The molecule has 0 atom stereocenters. The molecule has 6 aromatic carbocycles. The molecule has 4 heteroatoms. The number of hydrogen-bond acceptors (Lipinski definition) is 4. The highest BCUT2D eigenvalue weighted by Gasteiger charge is 2.06. The van der Waals surface area contributed by atoms with E-state index in [1.807, 2.05) is 121 Å². The first kappa shape index (κ1) is 27.6. The minimum absolute atomic E-state index is 0.0706. The molecule has 40 heavy (non-hydrogen) atoms. The molecule has 0 fully saturated rings. The Morgan fingerprint density at radius 2 is 0.725 bits per heavy atom. The maximum absolute atomic E-state index is 9.60. The minimum atomic E-state index is -0.0913. The van der Waals surface area contributed by atoms with Crippen molar-refractivity contribution in [2.45, 2.75) is 0 Å². The normalized spacial score (nSPS) is 9.90. The van der Waals surface area contributed by atoms with Crippen LogP contribution in [0.2, 0.25) is 0 Å². The van der Waals surface area contributed by atoms with E-state index in [1.54, 1.807) is 30.3 Å². The molecular weight excluding hydrogens is 496 g/mol. The van der Waals surface area contributed by atoms with Crippen molar-refractivity contribution < 1.29 is 20.4 Å². The van der Waals surface area contributed by atoms with Crippen LogP contribution in [0, 0.1) is 0 Å². The monoisotopic (exact) mass is 526 g/mol. The zero-order valence-electron chi connectivity index (χ0n) is 21.8. The van der Waals surface area contributed by atoms with Crippen LogP contribution in [-0.2, 0) is 0 Å². The van der Waals surface area contributed by atoms with E-state index < -0.39 is 0 Å². The van der Waals surface area contributed by atoms with E-state index in [9.17, 15) is 20.4 Å². The number of benzene rings is 6. The summed E-state index contributed by atoms with van der Waals surface area (Å²) in [5, 5.41) is 37.8. The third-order valence-corrected chi connectivity index (χ3v) is 6.04. The molecule has 0 saturated carbocycles. The van der Waals surface area contributed by atoms with E-state index in [-0.39, 0.29) is 11.5 Å². The first-order valence-corrected chi connectivity index (χ1v) is 12.8. The molecular formula is C36H30O4. The predicted molar refractivity (Wildman–Crippen MR) is 162 cm³/mol. The van der Waals surface area contributed by atoms with E-state index >= 15 is 0 Å². The fourth-order valence-corrected chi connectivity index (χ4v) is 4.03. The minimum Gasteiger partial charge on any atom is -0.508 e. The van der Waals surface area contributed by atoms with Gasteiger partial charge < -0.3 is 20.4 Å². The summed E-state index contributed by atoms with van der Waals surface area (Å²) >= 11 is 0. The third-order valence-electron chi connectivity index (χ3n) is 6.04. The Hall–Kier alpha value is -5.48. The van der Waals surface area contributed by atoms with Crippen molar-refractivity contribution in [2.24, 2.45) is 0 Å². The number of aromatic hydroxyl groups is 4. The Balaban J connectivity index is 0.000000139. The molecule has 6 rings (SSSR count). The van der Waals surface area contributed by atoms with Crippen LogP contribution in [0.15, 0.2) is 158 Å². The lowest BCUT2D eigenvalue weighted by Gasteiger charge is -2.05. The molecule has 0 heterocycles. The first-order valence-electron chi connectivity index (χ1n) is 12.8. The van der Waals surface area contributed by atoms with Gasteiger partial charge in [0.1, 0.15) is 11.5 Å². The van der Waals surface area contributed by atoms with Gasteiger partial charge >= 0.3 is 0 Å². The van der Waals surface area contributed by atoms with Gasteiger partial charge in [-0.25, -0.2) is 0 Å². The zero-order chi connectivity index (χ0) is 28.2. The fraction of sp³-hybridized carbons (Fsp3) is 0. The molecule has 0 aliphatic rings. The van der Waals surface area contributed by atoms with Gasteiger partial charge in [0.05, 0.1) is 0 Å². The van der Waals surface area contributed by atoms with Gasteiger partial charge in [-0.2, -0.15) is 0 Å². The Bertz CT molecular complexity index is 1620. The van der Waals surface area contributed by atoms with Crippen LogP contribution >= 0.6 is 0 Å². The van der Waals surface area contributed by atoms with Gasteiger partial charge in [-0.15, -0.1) is 0 Å². The van der Waals surface area contributed by atoms with Gasteiger partial charge in [0.2, 0.25) is 0 Å². The van der Waals surface area contributed by atoms with Crippen molar-refractivity contribution in [3.8, 4) is 56.4 Å². The summed E-state index contributed by atoms with van der Waals surface area (Å²) in [6, 6.07) is 48.8. The molecule has 0 bridgehead atoms. The third kappa shape index (κ3) is 7.53. The molecule has 0 saturated heterocycles. The van der Waals surface area contributed by atoms with E-state index in [0.717, 1.165) is 27.8 Å². The van der Waals surface area contributed by atoms with E-state index in [1.165, 1.54) is 6.07 Å². The van der Waals surface area contributed by atoms with Crippen molar-refractivity contribution in [2.75, 3.05) is 0 Å². The van der Waals surface area contributed by atoms with E-state index in [2.05, 4.69) is 0 Å². The number of phenolic OH excluding ortho intramolecular Hbond substituents is 4. The smallest absolute Gasteiger partial charge is 0.165 e. The highest BCUT2D eigenvalue weighted by atomic mass is 16.3. The highest BCUT2D eigenvalue weighted by Crippen LogP contribution is 2.35. The topological polar surface area (TPSA) is 80.9 Å². The zero-order valence-corrected chi connectivity index (χ0v) is 21.8. The molecule has 0 aliphatic carbocycles. The molecule has 4 N–H and O–H groups in total. The molecule has 6 aromatic rings. The van der Waals surface area contributed by atoms with Crippen LogP contribution in [0.1, 0.15) is 0 Å². The maximum Gasteiger partial charge on any atom is 0.165 e. The van der Waals surface area contributed by atoms with E-state index in [4.69, 9.17) is 0 Å². The lowest BCUT2D eigenvalue weighted by atomic mass is 10.0. The predicted octanol–water partition coefficient (Wildman–Crippen LogP) is 8.88. The van der Waals surface area contributed by atoms with Crippen LogP contribution < -0.4 is 0 Å². The summed E-state index contributed by atoms with van der Waals surface area (Å²) in [5.74, 6) is 0.472. The van der Waals surface area contributed by atoms with Crippen molar-refractivity contribution in [3.05, 3.63) is 158 Å². The average molecular weight is 527 g/mol. The van der Waals surface area contributed by atoms with Crippen LogP contribution in [0.4, 0.5) is 0 Å².